The molecule has 3 aromatic carbocycles. The van der Waals surface area contributed by atoms with Crippen molar-refractivity contribution in [2.75, 3.05) is 14.2 Å². The van der Waals surface area contributed by atoms with Gasteiger partial charge in [0.05, 0.1) is 50.4 Å². The summed E-state index contributed by atoms with van der Waals surface area (Å²) in [6.07, 6.45) is 3.86. The number of aromatic nitrogens is 3. The van der Waals surface area contributed by atoms with Crippen LogP contribution in [0.1, 0.15) is 17.0 Å². The maximum absolute atomic E-state index is 11.6. The molecule has 8 bridgehead atoms. The van der Waals surface area contributed by atoms with E-state index < -0.39 is 9.85 Å². The number of benzene rings is 3. The van der Waals surface area contributed by atoms with Crippen LogP contribution in [0.25, 0.3) is 77.0 Å². The minimum Gasteiger partial charge on any atom is -0.491 e. The third-order valence-corrected chi connectivity index (χ3v) is 10.3. The quantitative estimate of drug-likeness (QED) is 0.124. The maximum Gasteiger partial charge on any atom is 0.269 e. The molecule has 2 N–H and O–H groups in total. The molecule has 256 valence electrons. The Morgan fingerprint density at radius 1 is 0.558 bits per heavy atom. The van der Waals surface area contributed by atoms with Crippen LogP contribution in [-0.4, -0.2) is 39.0 Å². The molecule has 0 atom stereocenters. The molecular formula is C40H29N5O6S. The van der Waals surface area contributed by atoms with Gasteiger partial charge in [-0.05, 0) is 84.3 Å². The largest absolute Gasteiger partial charge is 0.491 e. The molecule has 0 spiro atoms. The minimum absolute atomic E-state index is 0.00616. The first-order valence-electron chi connectivity index (χ1n) is 16.2. The molecule has 8 rings (SSSR count). The van der Waals surface area contributed by atoms with Crippen molar-refractivity contribution in [2.24, 2.45) is 0 Å². The van der Waals surface area contributed by atoms with Gasteiger partial charge in [0.1, 0.15) is 0 Å². The van der Waals surface area contributed by atoms with E-state index >= 15 is 0 Å². The van der Waals surface area contributed by atoms with E-state index in [1.54, 1.807) is 38.5 Å². The highest BCUT2D eigenvalue weighted by Crippen LogP contribution is 2.51. The van der Waals surface area contributed by atoms with Crippen LogP contribution in [-0.2, 0) is 0 Å². The number of hydrogen-bond acceptors (Lipinski definition) is 8. The van der Waals surface area contributed by atoms with Crippen LogP contribution in [0.5, 0.6) is 11.5 Å². The van der Waals surface area contributed by atoms with E-state index in [2.05, 4.69) is 34.2 Å². The van der Waals surface area contributed by atoms with E-state index in [1.807, 2.05) is 43.3 Å². The predicted molar refractivity (Wildman–Crippen MR) is 206 cm³/mol. The van der Waals surface area contributed by atoms with Crippen LogP contribution in [0.3, 0.4) is 0 Å². The number of nitrogens with zero attached hydrogens (tertiary/aromatic N) is 3. The number of aromatic amines is 2. The van der Waals surface area contributed by atoms with E-state index in [0.29, 0.717) is 22.9 Å². The van der Waals surface area contributed by atoms with E-state index in [-0.39, 0.29) is 11.4 Å². The summed E-state index contributed by atoms with van der Waals surface area (Å²) in [6, 6.07) is 29.0. The van der Waals surface area contributed by atoms with Crippen molar-refractivity contribution in [2.45, 2.75) is 6.92 Å². The van der Waals surface area contributed by atoms with Crippen molar-refractivity contribution in [3.05, 3.63) is 134 Å². The number of non-ortho nitro benzene ring substituents is 2. The summed E-state index contributed by atoms with van der Waals surface area (Å²) >= 11 is 1.49. The molecule has 0 saturated heterocycles. The first-order chi connectivity index (χ1) is 25.2. The fourth-order valence-corrected chi connectivity index (χ4v) is 8.01. The zero-order valence-electron chi connectivity index (χ0n) is 28.1. The van der Waals surface area contributed by atoms with Gasteiger partial charge < -0.3 is 19.4 Å². The smallest absolute Gasteiger partial charge is 0.269 e. The monoisotopic (exact) mass is 707 g/mol. The number of methoxy groups -OCH3 is 2. The number of aryl methyl sites for hydroxylation is 1. The Balaban J connectivity index is 1.58. The van der Waals surface area contributed by atoms with Crippen molar-refractivity contribution in [3.63, 3.8) is 0 Å². The normalized spacial score (nSPS) is 11.6. The summed E-state index contributed by atoms with van der Waals surface area (Å²) in [7, 11) is 3.21. The lowest BCUT2D eigenvalue weighted by Crippen LogP contribution is -1.90. The molecule has 0 radical (unpaired) electrons. The number of fused-ring (bicyclic) bond motifs is 9. The zero-order chi connectivity index (χ0) is 36.1. The first kappa shape index (κ1) is 32.4. The molecule has 1 aliphatic heterocycles. The van der Waals surface area contributed by atoms with Crippen LogP contribution in [0.4, 0.5) is 11.4 Å². The molecule has 0 amide bonds. The second-order valence-electron chi connectivity index (χ2n) is 12.2. The third kappa shape index (κ3) is 5.51. The molecular weight excluding hydrogens is 679 g/mol. The fourth-order valence-electron chi connectivity index (χ4n) is 6.61. The molecule has 5 heterocycles. The predicted octanol–water partition coefficient (Wildman–Crippen LogP) is 10.6. The first-order valence-corrected chi connectivity index (χ1v) is 17.0. The summed E-state index contributed by atoms with van der Waals surface area (Å²) in [4.78, 5) is 34.5. The van der Waals surface area contributed by atoms with Crippen LogP contribution in [0, 0.1) is 27.2 Å². The van der Waals surface area contributed by atoms with Crippen LogP contribution < -0.4 is 9.47 Å². The molecule has 4 aromatic heterocycles. The van der Waals surface area contributed by atoms with Gasteiger partial charge in [0.25, 0.3) is 11.4 Å². The Morgan fingerprint density at radius 2 is 0.962 bits per heavy atom. The number of nitrogens with one attached hydrogen (secondary N) is 2. The summed E-state index contributed by atoms with van der Waals surface area (Å²) in [5.74, 6) is 1.05. The summed E-state index contributed by atoms with van der Waals surface area (Å²) in [5, 5.41) is 23.1. The van der Waals surface area contributed by atoms with Crippen molar-refractivity contribution in [1.82, 2.24) is 15.0 Å². The lowest BCUT2D eigenvalue weighted by Gasteiger charge is -2.08. The fraction of sp³-hybridized carbons (Fsp3) is 0.0750. The topological polar surface area (TPSA) is 149 Å². The van der Waals surface area contributed by atoms with Gasteiger partial charge in [-0.3, -0.25) is 20.2 Å². The lowest BCUT2D eigenvalue weighted by atomic mass is 10.0. The standard InChI is InChI=1S/C40H29N5O6S/c1-22-4-6-24(7-5-22)35-33-21-20-31(43-33)34(23-8-12-26(13-9-23)44(46)47)30-18-16-28(41-30)29-17-19-32(42-29)36(25-10-14-27(15-11-25)45(48)49)40-38(51-3)37(50-2)39(35)52-40/h4-21,42-43H,1-3H3. The van der Waals surface area contributed by atoms with Gasteiger partial charge in [0.15, 0.2) is 11.5 Å². The zero-order valence-corrected chi connectivity index (χ0v) is 28.9. The van der Waals surface area contributed by atoms with Crippen LogP contribution >= 0.6 is 11.3 Å². The second kappa shape index (κ2) is 12.8. The summed E-state index contributed by atoms with van der Waals surface area (Å²) in [5.41, 5.74) is 10.3. The molecule has 0 unspecified atom stereocenters. The number of nitro benzene ring substituents is 2. The maximum atomic E-state index is 11.6. The van der Waals surface area contributed by atoms with Crippen LogP contribution in [0.2, 0.25) is 0 Å². The van der Waals surface area contributed by atoms with Crippen molar-refractivity contribution < 1.29 is 19.3 Å². The van der Waals surface area contributed by atoms with E-state index in [1.165, 1.54) is 35.6 Å². The number of thiophene rings is 1. The number of rotatable bonds is 7. The third-order valence-electron chi connectivity index (χ3n) is 9.11. The van der Waals surface area contributed by atoms with E-state index in [4.69, 9.17) is 14.5 Å². The number of ether oxygens (including phenoxy) is 2. The summed E-state index contributed by atoms with van der Waals surface area (Å²) < 4.78 is 13.8. The second-order valence-corrected chi connectivity index (χ2v) is 13.2. The Bertz CT molecular complexity index is 2710. The van der Waals surface area contributed by atoms with Crippen molar-refractivity contribution in [1.29, 1.82) is 0 Å². The van der Waals surface area contributed by atoms with Gasteiger partial charge in [-0.2, -0.15) is 0 Å². The highest BCUT2D eigenvalue weighted by molar-refractivity contribution is 7.25. The van der Waals surface area contributed by atoms with Gasteiger partial charge in [-0.25, -0.2) is 4.98 Å². The lowest BCUT2D eigenvalue weighted by molar-refractivity contribution is -0.385. The van der Waals surface area contributed by atoms with Crippen molar-refractivity contribution >= 4 is 66.3 Å². The Hall–Kier alpha value is -6.79. The Kier molecular flexibility index (Phi) is 8.00. The summed E-state index contributed by atoms with van der Waals surface area (Å²) in [6.45, 7) is 2.03. The average molecular weight is 708 g/mol. The van der Waals surface area contributed by atoms with Gasteiger partial charge in [0, 0.05) is 57.5 Å². The molecule has 1 aliphatic rings. The van der Waals surface area contributed by atoms with Gasteiger partial charge >= 0.3 is 0 Å². The molecule has 52 heavy (non-hydrogen) atoms. The molecule has 0 saturated carbocycles. The minimum atomic E-state index is -0.418. The van der Waals surface area contributed by atoms with Gasteiger partial charge in [-0.15, -0.1) is 11.3 Å². The van der Waals surface area contributed by atoms with E-state index in [0.717, 1.165) is 70.4 Å². The SMILES string of the molecule is COc1c(OC)c2sc1c(-c1ccc([N+](=O)[O-])cc1)c1ccc([nH]1)c1nc(c(-c3ccc([N+](=O)[O-])cc3)c3ccc([nH]3)c2-c2ccc(C)cc2)C=C1. The van der Waals surface area contributed by atoms with Crippen LogP contribution in [0.15, 0.2) is 97.1 Å². The average Bonchev–Trinajstić information content (AvgIpc) is 3.98. The molecule has 0 aliphatic carbocycles. The molecule has 0 fully saturated rings. The molecule has 12 heteroatoms. The Labute approximate surface area is 300 Å². The van der Waals surface area contributed by atoms with Gasteiger partial charge in [-0.1, -0.05) is 29.8 Å². The Morgan fingerprint density at radius 3 is 1.44 bits per heavy atom. The molecule has 11 nitrogen and oxygen atoms in total. The van der Waals surface area contributed by atoms with Gasteiger partial charge in [0.2, 0.25) is 0 Å². The number of nitro groups is 2. The van der Waals surface area contributed by atoms with E-state index in [9.17, 15) is 20.2 Å². The molecule has 7 aromatic rings. The number of H-pyrrole nitrogens is 2. The van der Waals surface area contributed by atoms with Crippen molar-refractivity contribution in [3.8, 4) is 44.9 Å². The highest BCUT2D eigenvalue weighted by atomic mass is 32.1. The highest BCUT2D eigenvalue weighted by Gasteiger charge is 2.23. The number of hydrogen-bond donors (Lipinski definition) is 2.